The van der Waals surface area contributed by atoms with Gasteiger partial charge in [-0.2, -0.15) is 0 Å². The number of benzene rings is 3. The van der Waals surface area contributed by atoms with Crippen LogP contribution in [0.4, 0.5) is 4.39 Å². The van der Waals surface area contributed by atoms with Crippen molar-refractivity contribution in [2.45, 2.75) is 25.8 Å². The zero-order valence-electron chi connectivity index (χ0n) is 19.0. The Morgan fingerprint density at radius 2 is 1.44 bits per heavy atom. The molecular weight excluding hydrogens is 395 g/mol. The number of rotatable bonds is 9. The number of hydrogen-bond acceptors (Lipinski definition) is 2. The third kappa shape index (κ3) is 5.93. The molecule has 3 aromatic carbocycles. The number of likely N-dealkylation sites (tertiary alicyclic amines) is 1. The van der Waals surface area contributed by atoms with Gasteiger partial charge in [-0.3, -0.25) is 4.90 Å². The van der Waals surface area contributed by atoms with Gasteiger partial charge in [0.2, 0.25) is 0 Å². The predicted octanol–water partition coefficient (Wildman–Crippen LogP) is 6.42. The van der Waals surface area contributed by atoms with Crippen LogP contribution in [0.1, 0.15) is 42.5 Å². The molecule has 166 valence electrons. The number of nitrogens with zero attached hydrogens (tertiary/aromatic N) is 2. The lowest BCUT2D eigenvalue weighted by Gasteiger charge is -2.30. The van der Waals surface area contributed by atoms with E-state index in [9.17, 15) is 4.39 Å². The largest absolute Gasteiger partial charge is 0.302 e. The van der Waals surface area contributed by atoms with Crippen LogP contribution in [-0.4, -0.2) is 42.5 Å². The minimum absolute atomic E-state index is 0.181. The third-order valence-corrected chi connectivity index (χ3v) is 6.50. The first-order valence-corrected chi connectivity index (χ1v) is 11.7. The first-order valence-electron chi connectivity index (χ1n) is 11.7. The van der Waals surface area contributed by atoms with Crippen LogP contribution in [-0.2, 0) is 0 Å². The average Bonchev–Trinajstić information content (AvgIpc) is 3.36. The molecule has 1 saturated heterocycles. The highest BCUT2D eigenvalue weighted by molar-refractivity contribution is 5.79. The van der Waals surface area contributed by atoms with Gasteiger partial charge in [0.1, 0.15) is 5.82 Å². The van der Waals surface area contributed by atoms with Gasteiger partial charge in [0.05, 0.1) is 0 Å². The fourth-order valence-corrected chi connectivity index (χ4v) is 4.52. The lowest BCUT2D eigenvalue weighted by atomic mass is 9.97. The van der Waals surface area contributed by atoms with Crippen molar-refractivity contribution in [1.82, 2.24) is 9.80 Å². The van der Waals surface area contributed by atoms with Crippen molar-refractivity contribution < 1.29 is 4.39 Å². The molecule has 0 radical (unpaired) electrons. The van der Waals surface area contributed by atoms with Crippen LogP contribution in [0.25, 0.3) is 5.57 Å². The van der Waals surface area contributed by atoms with Crippen LogP contribution >= 0.6 is 0 Å². The second kappa shape index (κ2) is 11.2. The quantitative estimate of drug-likeness (QED) is 0.388. The normalized spacial score (nSPS) is 15.1. The van der Waals surface area contributed by atoms with E-state index < -0.39 is 0 Å². The van der Waals surface area contributed by atoms with E-state index in [2.05, 4.69) is 83.5 Å². The molecule has 1 fully saturated rings. The minimum atomic E-state index is -0.181. The third-order valence-electron chi connectivity index (χ3n) is 6.50. The molecule has 3 aromatic rings. The molecule has 1 aliphatic heterocycles. The minimum Gasteiger partial charge on any atom is -0.302 e. The van der Waals surface area contributed by atoms with E-state index in [0.717, 1.165) is 25.2 Å². The Kier molecular flexibility index (Phi) is 7.87. The predicted molar refractivity (Wildman–Crippen MR) is 132 cm³/mol. The molecule has 3 heteroatoms. The van der Waals surface area contributed by atoms with Gasteiger partial charge in [0, 0.05) is 25.7 Å². The van der Waals surface area contributed by atoms with E-state index in [4.69, 9.17) is 0 Å². The van der Waals surface area contributed by atoms with Gasteiger partial charge in [0.25, 0.3) is 0 Å². The average molecular weight is 429 g/mol. The fraction of sp³-hybridized carbons (Fsp3) is 0.310. The summed E-state index contributed by atoms with van der Waals surface area (Å²) in [4.78, 5) is 5.07. The standard InChI is InChI=1S/C29H33FN2/c1-24(25-14-16-28(30)17-15-25)32(23-22-31-19-8-9-20-31)21-18-29(26-10-4-2-5-11-26)27-12-6-3-7-13-27/h2-7,10-18,24H,8-9,19-23H2,1H3. The SMILES string of the molecule is CC(c1ccc(F)cc1)N(CC=C(c1ccccc1)c1ccccc1)CCN1CCCC1. The summed E-state index contributed by atoms with van der Waals surface area (Å²) in [6.07, 6.45) is 4.97. The van der Waals surface area contributed by atoms with Crippen LogP contribution in [0.3, 0.4) is 0 Å². The zero-order chi connectivity index (χ0) is 22.2. The van der Waals surface area contributed by atoms with Crippen molar-refractivity contribution in [1.29, 1.82) is 0 Å². The Morgan fingerprint density at radius 3 is 2.00 bits per heavy atom. The van der Waals surface area contributed by atoms with E-state index in [1.165, 1.54) is 42.6 Å². The number of halogens is 1. The van der Waals surface area contributed by atoms with E-state index in [1.54, 1.807) is 12.1 Å². The molecule has 0 saturated carbocycles. The summed E-state index contributed by atoms with van der Waals surface area (Å²) in [5.74, 6) is -0.181. The molecule has 0 aliphatic carbocycles. The monoisotopic (exact) mass is 428 g/mol. The molecule has 1 aliphatic rings. The van der Waals surface area contributed by atoms with Crippen LogP contribution in [0, 0.1) is 5.82 Å². The summed E-state index contributed by atoms with van der Waals surface area (Å²) in [6.45, 7) is 7.54. The smallest absolute Gasteiger partial charge is 0.123 e. The Balaban J connectivity index is 1.59. The topological polar surface area (TPSA) is 6.48 Å². The Labute approximate surface area is 192 Å². The maximum Gasteiger partial charge on any atom is 0.123 e. The molecule has 0 N–H and O–H groups in total. The van der Waals surface area contributed by atoms with E-state index in [0.29, 0.717) is 0 Å². The van der Waals surface area contributed by atoms with Crippen molar-refractivity contribution in [3.63, 3.8) is 0 Å². The van der Waals surface area contributed by atoms with Gasteiger partial charge in [-0.25, -0.2) is 4.39 Å². The highest BCUT2D eigenvalue weighted by Crippen LogP contribution is 2.26. The molecule has 0 spiro atoms. The number of hydrogen-bond donors (Lipinski definition) is 0. The molecule has 2 nitrogen and oxygen atoms in total. The van der Waals surface area contributed by atoms with Crippen molar-refractivity contribution in [2.24, 2.45) is 0 Å². The van der Waals surface area contributed by atoms with Gasteiger partial charge >= 0.3 is 0 Å². The summed E-state index contributed by atoms with van der Waals surface area (Å²) < 4.78 is 13.5. The molecule has 1 heterocycles. The van der Waals surface area contributed by atoms with Crippen molar-refractivity contribution >= 4 is 5.57 Å². The molecule has 1 unspecified atom stereocenters. The van der Waals surface area contributed by atoms with Crippen LogP contribution in [0.2, 0.25) is 0 Å². The van der Waals surface area contributed by atoms with E-state index in [1.807, 2.05) is 12.1 Å². The summed E-state index contributed by atoms with van der Waals surface area (Å²) in [5, 5.41) is 0. The van der Waals surface area contributed by atoms with Crippen LogP contribution in [0.15, 0.2) is 91.0 Å². The van der Waals surface area contributed by atoms with Gasteiger partial charge < -0.3 is 4.90 Å². The molecule has 0 aromatic heterocycles. The lowest BCUT2D eigenvalue weighted by molar-refractivity contribution is 0.197. The Morgan fingerprint density at radius 1 is 0.875 bits per heavy atom. The van der Waals surface area contributed by atoms with Crippen LogP contribution < -0.4 is 0 Å². The molecule has 0 amide bonds. The molecular formula is C29H33FN2. The lowest BCUT2D eigenvalue weighted by Crippen LogP contribution is -2.35. The maximum absolute atomic E-state index is 13.5. The van der Waals surface area contributed by atoms with E-state index in [-0.39, 0.29) is 11.9 Å². The summed E-state index contributed by atoms with van der Waals surface area (Å²) >= 11 is 0. The van der Waals surface area contributed by atoms with Gasteiger partial charge in [0.15, 0.2) is 0 Å². The van der Waals surface area contributed by atoms with Crippen molar-refractivity contribution in [3.8, 4) is 0 Å². The van der Waals surface area contributed by atoms with Gasteiger partial charge in [-0.15, -0.1) is 0 Å². The molecule has 4 rings (SSSR count). The zero-order valence-corrected chi connectivity index (χ0v) is 19.0. The highest BCUT2D eigenvalue weighted by Gasteiger charge is 2.18. The second-order valence-electron chi connectivity index (χ2n) is 8.62. The molecule has 1 atom stereocenters. The first kappa shape index (κ1) is 22.4. The van der Waals surface area contributed by atoms with Gasteiger partial charge in [-0.1, -0.05) is 78.9 Å². The summed E-state index contributed by atoms with van der Waals surface area (Å²) in [7, 11) is 0. The molecule has 32 heavy (non-hydrogen) atoms. The first-order chi connectivity index (χ1) is 15.7. The fourth-order valence-electron chi connectivity index (χ4n) is 4.52. The summed E-state index contributed by atoms with van der Waals surface area (Å²) in [5.41, 5.74) is 4.87. The molecule has 0 bridgehead atoms. The second-order valence-corrected chi connectivity index (χ2v) is 8.62. The highest BCUT2D eigenvalue weighted by atomic mass is 19.1. The van der Waals surface area contributed by atoms with Crippen LogP contribution in [0.5, 0.6) is 0 Å². The van der Waals surface area contributed by atoms with E-state index >= 15 is 0 Å². The van der Waals surface area contributed by atoms with Crippen molar-refractivity contribution in [3.05, 3.63) is 114 Å². The van der Waals surface area contributed by atoms with Gasteiger partial charge in [-0.05, 0) is 67.3 Å². The Hall–Kier alpha value is -2.75. The Bertz CT molecular complexity index is 935. The maximum atomic E-state index is 13.5. The summed E-state index contributed by atoms with van der Waals surface area (Å²) in [6, 6.07) is 28.4. The van der Waals surface area contributed by atoms with Crippen molar-refractivity contribution in [2.75, 3.05) is 32.7 Å².